The second-order valence-corrected chi connectivity index (χ2v) is 4.83. The predicted molar refractivity (Wildman–Crippen MR) is 73.0 cm³/mol. The standard InChI is InChI=1S/C12H14ClN5O/c1-7(2)9-5-8(13)3-4-11(9)18-6-10(15-17-18)12(14)16-19/h3-7,19H,1-2H3,(H2,14,16). The molecule has 1 aromatic heterocycles. The number of benzene rings is 1. The van der Waals surface area contributed by atoms with Gasteiger partial charge in [-0.15, -0.1) is 5.10 Å². The van der Waals surface area contributed by atoms with E-state index in [1.165, 1.54) is 0 Å². The van der Waals surface area contributed by atoms with Crippen LogP contribution < -0.4 is 5.73 Å². The first-order chi connectivity index (χ1) is 9.02. The van der Waals surface area contributed by atoms with Gasteiger partial charge in [0.05, 0.1) is 11.9 Å². The SMILES string of the molecule is CC(C)c1cc(Cl)ccc1-n1cc(C(N)=NO)nn1. The van der Waals surface area contributed by atoms with Crippen LogP contribution in [-0.2, 0) is 0 Å². The van der Waals surface area contributed by atoms with E-state index in [4.69, 9.17) is 22.5 Å². The van der Waals surface area contributed by atoms with Crippen molar-refractivity contribution in [3.63, 3.8) is 0 Å². The van der Waals surface area contributed by atoms with Crippen LogP contribution in [0.4, 0.5) is 0 Å². The molecule has 19 heavy (non-hydrogen) atoms. The number of nitrogens with two attached hydrogens (primary N) is 1. The maximum Gasteiger partial charge on any atom is 0.192 e. The number of halogens is 1. The van der Waals surface area contributed by atoms with Crippen molar-refractivity contribution in [2.45, 2.75) is 19.8 Å². The van der Waals surface area contributed by atoms with Crippen molar-refractivity contribution in [3.8, 4) is 5.69 Å². The third-order valence-electron chi connectivity index (χ3n) is 2.72. The highest BCUT2D eigenvalue weighted by Gasteiger charge is 2.12. The quantitative estimate of drug-likeness (QED) is 0.390. The fraction of sp³-hybridized carbons (Fsp3) is 0.250. The Balaban J connectivity index is 2.50. The molecule has 0 atom stereocenters. The summed E-state index contributed by atoms with van der Waals surface area (Å²) in [6.45, 7) is 4.13. The summed E-state index contributed by atoms with van der Waals surface area (Å²) in [5.41, 5.74) is 7.69. The van der Waals surface area contributed by atoms with Gasteiger partial charge >= 0.3 is 0 Å². The van der Waals surface area contributed by atoms with E-state index in [0.29, 0.717) is 10.7 Å². The number of rotatable bonds is 3. The molecule has 2 aromatic rings. The Morgan fingerprint density at radius 3 is 2.84 bits per heavy atom. The number of hydrogen-bond donors (Lipinski definition) is 2. The molecule has 0 amide bonds. The van der Waals surface area contributed by atoms with Crippen LogP contribution in [0.1, 0.15) is 31.0 Å². The number of hydrogen-bond acceptors (Lipinski definition) is 4. The molecule has 0 radical (unpaired) electrons. The highest BCUT2D eigenvalue weighted by molar-refractivity contribution is 6.30. The first kappa shape index (κ1) is 13.4. The van der Waals surface area contributed by atoms with Crippen LogP contribution in [0.25, 0.3) is 5.69 Å². The Labute approximate surface area is 115 Å². The lowest BCUT2D eigenvalue weighted by Gasteiger charge is -2.12. The smallest absolute Gasteiger partial charge is 0.192 e. The van der Waals surface area contributed by atoms with Gasteiger partial charge in [0.25, 0.3) is 0 Å². The largest absolute Gasteiger partial charge is 0.409 e. The van der Waals surface area contributed by atoms with Crippen LogP contribution in [0.5, 0.6) is 0 Å². The Morgan fingerprint density at radius 2 is 2.21 bits per heavy atom. The van der Waals surface area contributed by atoms with Crippen molar-refractivity contribution in [1.82, 2.24) is 15.0 Å². The number of aromatic nitrogens is 3. The van der Waals surface area contributed by atoms with Crippen LogP contribution in [0, 0.1) is 0 Å². The summed E-state index contributed by atoms with van der Waals surface area (Å²) in [7, 11) is 0. The second kappa shape index (κ2) is 5.27. The molecule has 0 aliphatic heterocycles. The summed E-state index contributed by atoms with van der Waals surface area (Å²) in [6, 6.07) is 5.54. The highest BCUT2D eigenvalue weighted by Crippen LogP contribution is 2.25. The molecular formula is C12H14ClN5O. The number of nitrogens with zero attached hydrogens (tertiary/aromatic N) is 4. The van der Waals surface area contributed by atoms with Gasteiger partial charge in [-0.25, -0.2) is 4.68 Å². The average molecular weight is 280 g/mol. The van der Waals surface area contributed by atoms with E-state index in [1.54, 1.807) is 16.9 Å². The molecule has 7 heteroatoms. The molecule has 0 fully saturated rings. The van der Waals surface area contributed by atoms with E-state index < -0.39 is 0 Å². The molecule has 0 aliphatic rings. The molecule has 0 unspecified atom stereocenters. The number of oxime groups is 1. The normalized spacial score (nSPS) is 12.1. The summed E-state index contributed by atoms with van der Waals surface area (Å²) >= 11 is 6.01. The van der Waals surface area contributed by atoms with Crippen molar-refractivity contribution < 1.29 is 5.21 Å². The number of amidine groups is 1. The van der Waals surface area contributed by atoms with Gasteiger partial charge in [-0.05, 0) is 29.7 Å². The summed E-state index contributed by atoms with van der Waals surface area (Å²) in [5.74, 6) is 0.205. The molecule has 2 rings (SSSR count). The van der Waals surface area contributed by atoms with Crippen molar-refractivity contribution in [2.24, 2.45) is 10.9 Å². The molecule has 1 heterocycles. The summed E-state index contributed by atoms with van der Waals surface area (Å²) in [6.07, 6.45) is 1.60. The van der Waals surface area contributed by atoms with Crippen LogP contribution in [-0.4, -0.2) is 26.0 Å². The summed E-state index contributed by atoms with van der Waals surface area (Å²) in [4.78, 5) is 0. The summed E-state index contributed by atoms with van der Waals surface area (Å²) in [5, 5.41) is 20.0. The molecule has 3 N–H and O–H groups in total. The first-order valence-electron chi connectivity index (χ1n) is 5.73. The molecule has 0 saturated heterocycles. The van der Waals surface area contributed by atoms with Gasteiger partial charge in [-0.3, -0.25) is 0 Å². The van der Waals surface area contributed by atoms with Gasteiger partial charge in [0.1, 0.15) is 0 Å². The van der Waals surface area contributed by atoms with Gasteiger partial charge in [0, 0.05) is 5.02 Å². The maximum atomic E-state index is 8.62. The third kappa shape index (κ3) is 2.68. The van der Waals surface area contributed by atoms with Crippen LogP contribution >= 0.6 is 11.6 Å². The van der Waals surface area contributed by atoms with Crippen LogP contribution in [0.2, 0.25) is 5.02 Å². The molecule has 0 aliphatic carbocycles. The molecular weight excluding hydrogens is 266 g/mol. The van der Waals surface area contributed by atoms with Crippen molar-refractivity contribution in [3.05, 3.63) is 40.7 Å². The average Bonchev–Trinajstić information content (AvgIpc) is 2.87. The van der Waals surface area contributed by atoms with E-state index in [0.717, 1.165) is 11.3 Å². The predicted octanol–water partition coefficient (Wildman–Crippen LogP) is 2.14. The Kier molecular flexibility index (Phi) is 3.71. The second-order valence-electron chi connectivity index (χ2n) is 4.39. The van der Waals surface area contributed by atoms with Crippen LogP contribution in [0.15, 0.2) is 29.6 Å². The zero-order valence-electron chi connectivity index (χ0n) is 10.6. The molecule has 100 valence electrons. The monoisotopic (exact) mass is 279 g/mol. The lowest BCUT2D eigenvalue weighted by molar-refractivity contribution is 0.318. The van der Waals surface area contributed by atoms with E-state index in [1.807, 2.05) is 12.1 Å². The highest BCUT2D eigenvalue weighted by atomic mass is 35.5. The van der Waals surface area contributed by atoms with Crippen molar-refractivity contribution in [2.75, 3.05) is 0 Å². The van der Waals surface area contributed by atoms with E-state index in [9.17, 15) is 0 Å². The molecule has 0 bridgehead atoms. The van der Waals surface area contributed by atoms with Gasteiger partial charge < -0.3 is 10.9 Å². The van der Waals surface area contributed by atoms with Gasteiger partial charge in [0.15, 0.2) is 11.5 Å². The Bertz CT molecular complexity index is 620. The molecule has 1 aromatic carbocycles. The third-order valence-corrected chi connectivity index (χ3v) is 2.96. The van der Waals surface area contributed by atoms with Gasteiger partial charge in [-0.1, -0.05) is 35.8 Å². The molecule has 0 saturated carbocycles. The minimum atomic E-state index is -0.0775. The van der Waals surface area contributed by atoms with Crippen molar-refractivity contribution >= 4 is 17.4 Å². The Morgan fingerprint density at radius 1 is 1.47 bits per heavy atom. The van der Waals surface area contributed by atoms with E-state index >= 15 is 0 Å². The van der Waals surface area contributed by atoms with Crippen molar-refractivity contribution in [1.29, 1.82) is 0 Å². The zero-order valence-corrected chi connectivity index (χ0v) is 11.3. The zero-order chi connectivity index (χ0) is 14.0. The topological polar surface area (TPSA) is 89.3 Å². The fourth-order valence-electron chi connectivity index (χ4n) is 1.75. The van der Waals surface area contributed by atoms with Crippen LogP contribution in [0.3, 0.4) is 0 Å². The van der Waals surface area contributed by atoms with Gasteiger partial charge in [0.2, 0.25) is 0 Å². The summed E-state index contributed by atoms with van der Waals surface area (Å²) < 4.78 is 1.58. The van der Waals surface area contributed by atoms with E-state index in [-0.39, 0.29) is 11.8 Å². The molecule has 6 nitrogen and oxygen atoms in total. The maximum absolute atomic E-state index is 8.62. The lowest BCUT2D eigenvalue weighted by atomic mass is 10.0. The first-order valence-corrected chi connectivity index (χ1v) is 6.10. The molecule has 0 spiro atoms. The van der Waals surface area contributed by atoms with Gasteiger partial charge in [-0.2, -0.15) is 0 Å². The fourth-order valence-corrected chi connectivity index (χ4v) is 1.93. The minimum Gasteiger partial charge on any atom is -0.409 e. The van der Waals surface area contributed by atoms with E-state index in [2.05, 4.69) is 29.3 Å². The lowest BCUT2D eigenvalue weighted by Crippen LogP contribution is -2.13. The minimum absolute atomic E-state index is 0.0775. The Hall–Kier alpha value is -2.08.